The van der Waals surface area contributed by atoms with Gasteiger partial charge in [-0.2, -0.15) is 0 Å². The van der Waals surface area contributed by atoms with Crippen LogP contribution in [0.25, 0.3) is 0 Å². The van der Waals surface area contributed by atoms with Crippen molar-refractivity contribution in [2.75, 3.05) is 0 Å². The molecule has 14 heavy (non-hydrogen) atoms. The molecular formula is H3Fe2O9P3. The van der Waals surface area contributed by atoms with Gasteiger partial charge in [0.15, 0.2) is 0 Å². The van der Waals surface area contributed by atoms with Gasteiger partial charge in [-0.25, -0.2) is 0 Å². The molecule has 0 aromatic heterocycles. The Hall–Kier alpha value is 1.49. The first kappa shape index (κ1) is 29.6. The molecular weight excluding hydrogens is 349 g/mol. The molecule has 0 aromatic carbocycles. The van der Waals surface area contributed by atoms with Crippen LogP contribution >= 0.6 is 24.8 Å². The van der Waals surface area contributed by atoms with Crippen molar-refractivity contribution in [1.82, 2.24) is 0 Å². The summed E-state index contributed by atoms with van der Waals surface area (Å²) >= 11 is 0. The fourth-order valence-corrected chi connectivity index (χ4v) is 0. The van der Waals surface area contributed by atoms with Crippen molar-refractivity contribution in [2.24, 2.45) is 0 Å². The molecule has 0 aromatic rings. The summed E-state index contributed by atoms with van der Waals surface area (Å²) in [7, 11) is -10.9. The largest absolute Gasteiger partial charge is 3.00 e. The first-order chi connectivity index (χ1) is 5.20. The van der Waals surface area contributed by atoms with Gasteiger partial charge in [0, 0.05) is 0 Å². The van der Waals surface area contributed by atoms with Crippen LogP contribution in [0.5, 0.6) is 0 Å². The van der Waals surface area contributed by atoms with Gasteiger partial charge in [-0.15, -0.1) is 0 Å². The first-order valence-corrected chi connectivity index (χ1v) is 5.51. The van der Waals surface area contributed by atoms with E-state index in [-0.39, 0.29) is 34.1 Å². The van der Waals surface area contributed by atoms with Crippen LogP contribution in [0, 0.1) is 0 Å². The van der Waals surface area contributed by atoms with Crippen molar-refractivity contribution in [3.8, 4) is 0 Å². The number of hydrogen-bond acceptors (Lipinski definition) is 9. The molecule has 0 amide bonds. The summed E-state index contributed by atoms with van der Waals surface area (Å²) in [6.07, 6.45) is 0. The molecule has 0 aliphatic carbocycles. The number of hydrogen-bond donors (Lipinski definition) is 0. The zero-order chi connectivity index (χ0) is 10.7. The minimum Gasteiger partial charge on any atom is -0.813 e. The third kappa shape index (κ3) is 949. The minimum atomic E-state index is -3.63. The Balaban J connectivity index is -0.0000000270. The van der Waals surface area contributed by atoms with Crippen LogP contribution in [0.4, 0.5) is 0 Å². The predicted molar refractivity (Wildman–Crippen MR) is 27.0 cm³/mol. The van der Waals surface area contributed by atoms with E-state index in [1.807, 2.05) is 0 Å². The summed E-state index contributed by atoms with van der Waals surface area (Å²) in [5.41, 5.74) is 0. The first-order valence-electron chi connectivity index (χ1n) is 1.84. The van der Waals surface area contributed by atoms with Gasteiger partial charge < -0.3 is 43.1 Å². The Labute approximate surface area is 102 Å². The normalized spacial score (nSPS) is 7.50. The summed E-state index contributed by atoms with van der Waals surface area (Å²) in [4.78, 5) is 51.1. The van der Waals surface area contributed by atoms with Crippen molar-refractivity contribution in [2.45, 2.75) is 0 Å². The molecule has 0 aliphatic heterocycles. The summed E-state index contributed by atoms with van der Waals surface area (Å²) in [6.45, 7) is 0. The van der Waals surface area contributed by atoms with Gasteiger partial charge in [0.1, 0.15) is 0 Å². The zero-order valence-corrected chi connectivity index (χ0v) is 11.1. The van der Waals surface area contributed by atoms with Crippen molar-refractivity contribution >= 4 is 24.8 Å². The van der Waals surface area contributed by atoms with E-state index in [0.717, 1.165) is 0 Å². The molecule has 0 aliphatic rings. The predicted octanol–water partition coefficient (Wildman–Crippen LogP) is -5.71. The molecule has 9 nitrogen and oxygen atoms in total. The molecule has 0 heterocycles. The Morgan fingerprint density at radius 2 is 0.500 bits per heavy atom. The molecule has 0 N–H and O–H groups in total. The topological polar surface area (TPSA) is 190 Å². The third-order valence-electron chi connectivity index (χ3n) is 0. The van der Waals surface area contributed by atoms with Crippen molar-refractivity contribution in [3.05, 3.63) is 0 Å². The van der Waals surface area contributed by atoms with E-state index in [1.54, 1.807) is 0 Å². The molecule has 0 unspecified atom stereocenters. The molecule has 0 fully saturated rings. The van der Waals surface area contributed by atoms with E-state index in [0.29, 0.717) is 0 Å². The molecule has 0 bridgehead atoms. The summed E-state index contributed by atoms with van der Waals surface area (Å²) in [5, 5.41) is 0. The van der Waals surface area contributed by atoms with Crippen LogP contribution in [-0.4, -0.2) is 0 Å². The van der Waals surface area contributed by atoms with E-state index in [9.17, 15) is 0 Å². The molecule has 0 saturated carbocycles. The Kier molecular flexibility index (Phi) is 50.6. The monoisotopic (exact) mass is 352 g/mol. The van der Waals surface area contributed by atoms with Crippen LogP contribution < -0.4 is 29.4 Å². The summed E-state index contributed by atoms with van der Waals surface area (Å²) in [6, 6.07) is 0. The third-order valence-corrected chi connectivity index (χ3v) is 0. The molecule has 0 spiro atoms. The van der Waals surface area contributed by atoms with Gasteiger partial charge in [-0.05, 0) is 0 Å². The van der Waals surface area contributed by atoms with Crippen molar-refractivity contribution in [1.29, 1.82) is 0 Å². The average molecular weight is 352 g/mol. The van der Waals surface area contributed by atoms with Gasteiger partial charge in [0.05, 0.1) is 0 Å². The minimum absolute atomic E-state index is 0. The van der Waals surface area contributed by atoms with Gasteiger partial charge >= 0.3 is 34.1 Å². The van der Waals surface area contributed by atoms with Crippen LogP contribution in [0.3, 0.4) is 0 Å². The van der Waals surface area contributed by atoms with Gasteiger partial charge in [0.25, 0.3) is 0 Å². The molecule has 14 heteroatoms. The summed E-state index contributed by atoms with van der Waals surface area (Å²) in [5.74, 6) is 0. The zero-order valence-electron chi connectivity index (χ0n) is 5.88. The van der Waals surface area contributed by atoms with Crippen molar-refractivity contribution in [3.63, 3.8) is 0 Å². The van der Waals surface area contributed by atoms with E-state index in [4.69, 9.17) is 43.1 Å². The maximum absolute atomic E-state index is 8.52. The van der Waals surface area contributed by atoms with Crippen LogP contribution in [0.1, 0.15) is 0 Å². The van der Waals surface area contributed by atoms with E-state index < -0.39 is 24.8 Å². The van der Waals surface area contributed by atoms with Gasteiger partial charge in [-0.3, -0.25) is 0 Å². The second-order valence-corrected chi connectivity index (χ2v) is 2.25. The molecule has 88 valence electrons. The molecule has 0 rings (SSSR count). The second-order valence-electron chi connectivity index (χ2n) is 0.750. The van der Waals surface area contributed by atoms with E-state index in [2.05, 4.69) is 0 Å². The smallest absolute Gasteiger partial charge is 0.813 e. The second kappa shape index (κ2) is 24.0. The van der Waals surface area contributed by atoms with Crippen LogP contribution in [0.15, 0.2) is 0 Å². The fourth-order valence-electron chi connectivity index (χ4n) is 0. The van der Waals surface area contributed by atoms with E-state index >= 15 is 0 Å². The van der Waals surface area contributed by atoms with Crippen LogP contribution in [-0.2, 0) is 47.8 Å². The molecule has 0 saturated heterocycles. The average Bonchev–Trinajstić information content (AvgIpc) is 1.54. The molecule has 2 radical (unpaired) electrons. The maximum atomic E-state index is 8.52. The Morgan fingerprint density at radius 1 is 0.500 bits per heavy atom. The fraction of sp³-hybridized carbons (Fsp3) is 0. The Bertz CT molecular complexity index is 116. The van der Waals surface area contributed by atoms with Gasteiger partial charge in [-0.1, -0.05) is 24.8 Å². The quantitative estimate of drug-likeness (QED) is 0.302. The molecule has 0 atom stereocenters. The van der Waals surface area contributed by atoms with Crippen molar-refractivity contribution < 1.29 is 77.2 Å². The standard InChI is InChI=1S/2Fe.3H3O3P/c;;3*1-4(2)3/h;;3*4H,(H2,1,2,3)/q2*+3;;;/p-6. The van der Waals surface area contributed by atoms with Crippen LogP contribution in [0.2, 0.25) is 0 Å². The number of rotatable bonds is 0. The maximum Gasteiger partial charge on any atom is 3.00 e. The summed E-state index contributed by atoms with van der Waals surface area (Å²) < 4.78 is 25.6. The Morgan fingerprint density at radius 3 is 0.500 bits per heavy atom. The SMILES string of the molecule is O=[PH]([O-])[O-].O=[PH]([O-])[O-].O=[PH]([O-])[O-].[Fe+3].[Fe+3]. The van der Waals surface area contributed by atoms with Gasteiger partial charge in [0.2, 0.25) is 0 Å². The van der Waals surface area contributed by atoms with E-state index in [1.165, 1.54) is 0 Å².